The fourth-order valence-electron chi connectivity index (χ4n) is 1.10. The van der Waals surface area contributed by atoms with Gasteiger partial charge in [0.25, 0.3) is 0 Å². The molecule has 0 radical (unpaired) electrons. The molecule has 1 N–H and O–H groups in total. The van der Waals surface area contributed by atoms with E-state index in [0.29, 0.717) is 0 Å². The second-order valence-corrected chi connectivity index (χ2v) is 3.31. The van der Waals surface area contributed by atoms with E-state index in [-0.39, 0.29) is 0 Å². The third-order valence-corrected chi connectivity index (χ3v) is 2.47. The van der Waals surface area contributed by atoms with Gasteiger partial charge in [-0.05, 0) is 17.0 Å². The van der Waals surface area contributed by atoms with Gasteiger partial charge < -0.3 is 5.32 Å². The fraction of sp³-hybridized carbons (Fsp3) is 0.111. The normalized spacial score (nSPS) is 14.9. The quantitative estimate of drug-likeness (QED) is 0.631. The summed E-state index contributed by atoms with van der Waals surface area (Å²) < 4.78 is 0. The number of rotatable bonds is 0. The summed E-state index contributed by atoms with van der Waals surface area (Å²) in [6, 6.07) is 8.38. The third-order valence-electron chi connectivity index (χ3n) is 1.66. The van der Waals surface area contributed by atoms with E-state index in [9.17, 15) is 0 Å². The van der Waals surface area contributed by atoms with Gasteiger partial charge in [0.1, 0.15) is 0 Å². The Hall–Kier alpha value is -0.890. The number of para-hydroxylation sites is 1. The first-order valence-corrected chi connectivity index (χ1v) is 4.63. The van der Waals surface area contributed by atoms with Crippen molar-refractivity contribution in [1.29, 1.82) is 0 Å². The molecule has 0 fully saturated rings. The van der Waals surface area contributed by atoms with E-state index in [1.807, 2.05) is 18.0 Å². The minimum absolute atomic E-state index is 1.07. The van der Waals surface area contributed by atoms with Gasteiger partial charge in [-0.25, -0.2) is 0 Å². The molecule has 0 spiro atoms. The van der Waals surface area contributed by atoms with Gasteiger partial charge in [-0.15, -0.1) is 11.8 Å². The van der Waals surface area contributed by atoms with E-state index in [4.69, 9.17) is 0 Å². The largest absolute Gasteiger partial charge is 0.361 e. The average Bonchev–Trinajstić information content (AvgIpc) is 2.28. The van der Waals surface area contributed by atoms with Gasteiger partial charge >= 0.3 is 0 Å². The van der Waals surface area contributed by atoms with Crippen molar-refractivity contribution >= 4 is 17.4 Å². The molecule has 1 aromatic rings. The van der Waals surface area contributed by atoms with Gasteiger partial charge in [-0.1, -0.05) is 18.2 Å². The minimum Gasteiger partial charge on any atom is -0.361 e. The van der Waals surface area contributed by atoms with Crippen LogP contribution in [-0.2, 0) is 5.75 Å². The van der Waals surface area contributed by atoms with Crippen LogP contribution in [-0.4, -0.2) is 0 Å². The lowest BCUT2D eigenvalue weighted by Crippen LogP contribution is -1.89. The van der Waals surface area contributed by atoms with Gasteiger partial charge in [-0.3, -0.25) is 0 Å². The van der Waals surface area contributed by atoms with Crippen LogP contribution in [0.1, 0.15) is 5.56 Å². The number of hydrogen-bond acceptors (Lipinski definition) is 2. The summed E-state index contributed by atoms with van der Waals surface area (Å²) in [6.45, 7) is 0. The highest BCUT2D eigenvalue weighted by Gasteiger charge is 2.00. The molecule has 1 heterocycles. The second-order valence-electron chi connectivity index (χ2n) is 2.42. The van der Waals surface area contributed by atoms with Gasteiger partial charge in [0.15, 0.2) is 0 Å². The Labute approximate surface area is 70.5 Å². The second kappa shape index (κ2) is 3.01. The summed E-state index contributed by atoms with van der Waals surface area (Å²) in [7, 11) is 0. The maximum atomic E-state index is 3.22. The maximum Gasteiger partial charge on any atom is 0.0421 e. The van der Waals surface area contributed by atoms with Gasteiger partial charge in [-0.2, -0.15) is 0 Å². The molecule has 0 aromatic heterocycles. The van der Waals surface area contributed by atoms with E-state index in [1.54, 1.807) is 0 Å². The summed E-state index contributed by atoms with van der Waals surface area (Å²) in [4.78, 5) is 0. The molecule has 0 aliphatic carbocycles. The highest BCUT2D eigenvalue weighted by molar-refractivity contribution is 8.01. The van der Waals surface area contributed by atoms with Crippen molar-refractivity contribution in [3.8, 4) is 0 Å². The Kier molecular flexibility index (Phi) is 1.86. The zero-order valence-corrected chi connectivity index (χ0v) is 6.90. The number of hydrogen-bond donors (Lipinski definition) is 1. The molecule has 0 saturated carbocycles. The van der Waals surface area contributed by atoms with E-state index < -0.39 is 0 Å². The van der Waals surface area contributed by atoms with Crippen LogP contribution in [0.3, 0.4) is 0 Å². The molecule has 1 nitrogen and oxygen atoms in total. The van der Waals surface area contributed by atoms with Crippen molar-refractivity contribution in [3.05, 3.63) is 41.4 Å². The van der Waals surface area contributed by atoms with E-state index in [1.165, 1.54) is 11.3 Å². The Morgan fingerprint density at radius 3 is 3.18 bits per heavy atom. The predicted molar refractivity (Wildman–Crippen MR) is 50.5 cm³/mol. The zero-order valence-electron chi connectivity index (χ0n) is 6.08. The predicted octanol–water partition coefficient (Wildman–Crippen LogP) is 2.82. The van der Waals surface area contributed by atoms with Crippen LogP contribution in [0.15, 0.2) is 35.9 Å². The van der Waals surface area contributed by atoms with Crippen molar-refractivity contribution in [2.75, 3.05) is 5.32 Å². The first-order chi connectivity index (χ1) is 5.47. The topological polar surface area (TPSA) is 12.0 Å². The van der Waals surface area contributed by atoms with Crippen LogP contribution in [0, 0.1) is 0 Å². The number of benzene rings is 1. The third kappa shape index (κ3) is 1.40. The molecule has 1 aromatic carbocycles. The standard InChI is InChI=1S/C9H9NS/c1-2-4-9-8(3-1)7-11-6-5-10-9/h1-6,10H,7H2. The molecule has 1 aliphatic rings. The fourth-order valence-corrected chi connectivity index (χ4v) is 1.79. The van der Waals surface area contributed by atoms with E-state index in [0.717, 1.165) is 5.75 Å². The van der Waals surface area contributed by atoms with Crippen molar-refractivity contribution in [2.24, 2.45) is 0 Å². The van der Waals surface area contributed by atoms with Crippen LogP contribution in [0.2, 0.25) is 0 Å². The van der Waals surface area contributed by atoms with Gasteiger partial charge in [0.2, 0.25) is 0 Å². The van der Waals surface area contributed by atoms with Crippen LogP contribution >= 0.6 is 11.8 Å². The minimum atomic E-state index is 1.07. The molecule has 2 rings (SSSR count). The number of anilines is 1. The van der Waals surface area contributed by atoms with E-state index >= 15 is 0 Å². The molecule has 11 heavy (non-hydrogen) atoms. The number of thioether (sulfide) groups is 1. The lowest BCUT2D eigenvalue weighted by molar-refractivity contribution is 1.41. The zero-order chi connectivity index (χ0) is 7.52. The highest BCUT2D eigenvalue weighted by atomic mass is 32.2. The molecule has 1 aliphatic heterocycles. The summed E-state index contributed by atoms with van der Waals surface area (Å²) in [5.74, 6) is 1.07. The SMILES string of the molecule is C1=CSCc2ccccc2N1. The monoisotopic (exact) mass is 163 g/mol. The van der Waals surface area contributed by atoms with Crippen LogP contribution in [0.4, 0.5) is 5.69 Å². The molecule has 0 saturated heterocycles. The van der Waals surface area contributed by atoms with Crippen molar-refractivity contribution in [3.63, 3.8) is 0 Å². The molecule has 2 heteroatoms. The Bertz CT molecular complexity index is 281. The summed E-state index contributed by atoms with van der Waals surface area (Å²) in [5.41, 5.74) is 2.61. The molecule has 56 valence electrons. The molecular weight excluding hydrogens is 154 g/mol. The molecule has 0 atom stereocenters. The van der Waals surface area contributed by atoms with Crippen molar-refractivity contribution in [2.45, 2.75) is 5.75 Å². The summed E-state index contributed by atoms with van der Waals surface area (Å²) >= 11 is 1.82. The molecule has 0 bridgehead atoms. The summed E-state index contributed by atoms with van der Waals surface area (Å²) in [6.07, 6.45) is 1.98. The lowest BCUT2D eigenvalue weighted by atomic mass is 10.2. The maximum absolute atomic E-state index is 3.22. The Morgan fingerprint density at radius 2 is 2.18 bits per heavy atom. The van der Waals surface area contributed by atoms with Gasteiger partial charge in [0, 0.05) is 17.6 Å². The molecule has 0 amide bonds. The molecule has 0 unspecified atom stereocenters. The van der Waals surface area contributed by atoms with E-state index in [2.05, 4.69) is 35.0 Å². The van der Waals surface area contributed by atoms with Crippen LogP contribution in [0.5, 0.6) is 0 Å². The molecular formula is C9H9NS. The summed E-state index contributed by atoms with van der Waals surface area (Å²) in [5, 5.41) is 5.31. The number of fused-ring (bicyclic) bond motifs is 1. The number of nitrogens with one attached hydrogen (secondary N) is 1. The Balaban J connectivity index is 2.40. The van der Waals surface area contributed by atoms with Crippen LogP contribution in [0.25, 0.3) is 0 Å². The van der Waals surface area contributed by atoms with Crippen molar-refractivity contribution < 1.29 is 0 Å². The Morgan fingerprint density at radius 1 is 1.27 bits per heavy atom. The van der Waals surface area contributed by atoms with Crippen molar-refractivity contribution in [1.82, 2.24) is 0 Å². The smallest absolute Gasteiger partial charge is 0.0421 e. The van der Waals surface area contributed by atoms with Gasteiger partial charge in [0.05, 0.1) is 0 Å². The van der Waals surface area contributed by atoms with Crippen LogP contribution < -0.4 is 5.32 Å². The first kappa shape index (κ1) is 6.80. The highest BCUT2D eigenvalue weighted by Crippen LogP contribution is 2.24. The lowest BCUT2D eigenvalue weighted by Gasteiger charge is -2.03. The first-order valence-electron chi connectivity index (χ1n) is 3.58. The average molecular weight is 163 g/mol.